The Morgan fingerprint density at radius 2 is 1.11 bits per heavy atom. The van der Waals surface area contributed by atoms with E-state index >= 15 is 0 Å². The standard InChI is InChI=1S/C31H34O5/c1-3-4-20-27-28(33-21-24-14-8-5-9-15-24)29(34-22-25-16-10-6-11-17-25)30(31(32-2)36-27)35-23-26-18-12-7-13-19-26/h3-20,27-31H,1,21-23H2,2H3/b20-4+/t27-,28-,29+,30-,31+/m1/s1. The van der Waals surface area contributed by atoms with Crippen LogP contribution in [-0.4, -0.2) is 37.8 Å². The zero-order valence-electron chi connectivity index (χ0n) is 20.6. The van der Waals surface area contributed by atoms with Gasteiger partial charge in [-0.1, -0.05) is 116 Å². The van der Waals surface area contributed by atoms with Gasteiger partial charge >= 0.3 is 0 Å². The fourth-order valence-electron chi connectivity index (χ4n) is 4.22. The number of methoxy groups -OCH3 is 1. The van der Waals surface area contributed by atoms with Gasteiger partial charge in [0.25, 0.3) is 0 Å². The van der Waals surface area contributed by atoms with E-state index in [4.69, 9.17) is 23.7 Å². The van der Waals surface area contributed by atoms with Crippen LogP contribution >= 0.6 is 0 Å². The van der Waals surface area contributed by atoms with Crippen LogP contribution in [0.5, 0.6) is 0 Å². The first-order valence-electron chi connectivity index (χ1n) is 12.2. The normalized spacial score (nSPS) is 24.1. The van der Waals surface area contributed by atoms with Crippen LogP contribution in [-0.2, 0) is 43.5 Å². The molecule has 1 heterocycles. The van der Waals surface area contributed by atoms with E-state index < -0.39 is 30.7 Å². The van der Waals surface area contributed by atoms with Crippen LogP contribution in [0.4, 0.5) is 0 Å². The van der Waals surface area contributed by atoms with Crippen molar-refractivity contribution in [2.45, 2.75) is 50.5 Å². The third-order valence-corrected chi connectivity index (χ3v) is 6.06. The van der Waals surface area contributed by atoms with Crippen molar-refractivity contribution in [2.75, 3.05) is 7.11 Å². The molecule has 1 aliphatic rings. The molecule has 3 aromatic carbocycles. The zero-order valence-corrected chi connectivity index (χ0v) is 20.6. The molecular formula is C31H34O5. The maximum atomic E-state index is 6.54. The van der Waals surface area contributed by atoms with Gasteiger partial charge in [0.05, 0.1) is 19.8 Å². The quantitative estimate of drug-likeness (QED) is 0.300. The highest BCUT2D eigenvalue weighted by Gasteiger charge is 2.47. The fourth-order valence-corrected chi connectivity index (χ4v) is 4.22. The van der Waals surface area contributed by atoms with E-state index in [1.165, 1.54) is 0 Å². The molecule has 1 fully saturated rings. The second-order valence-electron chi connectivity index (χ2n) is 8.61. The number of ether oxygens (including phenoxy) is 5. The van der Waals surface area contributed by atoms with Gasteiger partial charge in [0.15, 0.2) is 6.29 Å². The summed E-state index contributed by atoms with van der Waals surface area (Å²) >= 11 is 0. The minimum atomic E-state index is -0.634. The average Bonchev–Trinajstić information content (AvgIpc) is 2.94. The van der Waals surface area contributed by atoms with Crippen molar-refractivity contribution in [1.82, 2.24) is 0 Å². The van der Waals surface area contributed by atoms with E-state index in [-0.39, 0.29) is 0 Å². The van der Waals surface area contributed by atoms with Crippen LogP contribution < -0.4 is 0 Å². The summed E-state index contributed by atoms with van der Waals surface area (Å²) in [6, 6.07) is 30.2. The van der Waals surface area contributed by atoms with Crippen LogP contribution in [0.2, 0.25) is 0 Å². The van der Waals surface area contributed by atoms with E-state index in [9.17, 15) is 0 Å². The Bertz CT molecular complexity index is 1050. The zero-order chi connectivity index (χ0) is 25.0. The Kier molecular flexibility index (Phi) is 10.0. The Morgan fingerprint density at radius 3 is 1.56 bits per heavy atom. The smallest absolute Gasteiger partial charge is 0.186 e. The number of hydrogen-bond acceptors (Lipinski definition) is 5. The van der Waals surface area contributed by atoms with Crippen LogP contribution in [0, 0.1) is 0 Å². The molecule has 1 saturated heterocycles. The van der Waals surface area contributed by atoms with Crippen LogP contribution in [0.3, 0.4) is 0 Å². The lowest BCUT2D eigenvalue weighted by molar-refractivity contribution is -0.309. The highest BCUT2D eigenvalue weighted by Crippen LogP contribution is 2.31. The van der Waals surface area contributed by atoms with E-state index in [0.717, 1.165) is 16.7 Å². The molecule has 5 atom stereocenters. The molecule has 188 valence electrons. The van der Waals surface area contributed by atoms with Gasteiger partial charge in [-0.15, -0.1) is 0 Å². The Balaban J connectivity index is 1.61. The Labute approximate surface area is 213 Å². The largest absolute Gasteiger partial charge is 0.368 e. The molecule has 0 unspecified atom stereocenters. The van der Waals surface area contributed by atoms with Crippen molar-refractivity contribution in [1.29, 1.82) is 0 Å². The predicted molar refractivity (Wildman–Crippen MR) is 140 cm³/mol. The lowest BCUT2D eigenvalue weighted by atomic mass is 9.97. The lowest BCUT2D eigenvalue weighted by Gasteiger charge is -2.45. The molecule has 36 heavy (non-hydrogen) atoms. The first-order chi connectivity index (χ1) is 17.8. The summed E-state index contributed by atoms with van der Waals surface area (Å²) in [7, 11) is 1.62. The first-order valence-corrected chi connectivity index (χ1v) is 12.2. The highest BCUT2D eigenvalue weighted by molar-refractivity contribution is 5.16. The second-order valence-corrected chi connectivity index (χ2v) is 8.61. The molecule has 0 bridgehead atoms. The number of hydrogen-bond donors (Lipinski definition) is 0. The lowest BCUT2D eigenvalue weighted by Crippen LogP contribution is -2.60. The van der Waals surface area contributed by atoms with Gasteiger partial charge in [0, 0.05) is 7.11 Å². The number of benzene rings is 3. The van der Waals surface area contributed by atoms with Gasteiger partial charge in [-0.3, -0.25) is 0 Å². The van der Waals surface area contributed by atoms with Crippen molar-refractivity contribution in [2.24, 2.45) is 0 Å². The van der Waals surface area contributed by atoms with Gasteiger partial charge in [0.2, 0.25) is 0 Å². The summed E-state index contributed by atoms with van der Waals surface area (Å²) in [6.45, 7) is 5.04. The number of allylic oxidation sites excluding steroid dienone is 2. The molecule has 0 saturated carbocycles. The minimum Gasteiger partial charge on any atom is -0.368 e. The molecule has 5 nitrogen and oxygen atoms in total. The molecule has 1 aliphatic heterocycles. The summed E-state index contributed by atoms with van der Waals surface area (Å²) < 4.78 is 31.5. The van der Waals surface area contributed by atoms with Gasteiger partial charge in [-0.05, 0) is 16.7 Å². The van der Waals surface area contributed by atoms with E-state index in [1.807, 2.05) is 103 Å². The van der Waals surface area contributed by atoms with Crippen molar-refractivity contribution in [3.63, 3.8) is 0 Å². The Hall–Kier alpha value is -3.06. The molecule has 4 rings (SSSR count). The van der Waals surface area contributed by atoms with E-state index in [0.29, 0.717) is 19.8 Å². The molecule has 0 aromatic heterocycles. The van der Waals surface area contributed by atoms with E-state index in [1.54, 1.807) is 13.2 Å². The van der Waals surface area contributed by atoms with Crippen molar-refractivity contribution in [3.8, 4) is 0 Å². The van der Waals surface area contributed by atoms with Crippen LogP contribution in [0.25, 0.3) is 0 Å². The van der Waals surface area contributed by atoms with Crippen molar-refractivity contribution >= 4 is 0 Å². The predicted octanol–water partition coefficient (Wildman–Crippen LogP) is 5.86. The van der Waals surface area contributed by atoms with Crippen molar-refractivity contribution < 1.29 is 23.7 Å². The van der Waals surface area contributed by atoms with Gasteiger partial charge in [-0.25, -0.2) is 0 Å². The fraction of sp³-hybridized carbons (Fsp3) is 0.290. The maximum absolute atomic E-state index is 6.54. The van der Waals surface area contributed by atoms with Gasteiger partial charge < -0.3 is 23.7 Å². The molecule has 0 radical (unpaired) electrons. The molecule has 0 aliphatic carbocycles. The average molecular weight is 487 g/mol. The van der Waals surface area contributed by atoms with Gasteiger partial charge in [-0.2, -0.15) is 0 Å². The van der Waals surface area contributed by atoms with Crippen LogP contribution in [0.1, 0.15) is 16.7 Å². The Morgan fingerprint density at radius 1 is 0.667 bits per heavy atom. The topological polar surface area (TPSA) is 46.2 Å². The van der Waals surface area contributed by atoms with Gasteiger partial charge in [0.1, 0.15) is 24.4 Å². The minimum absolute atomic E-state index is 0.401. The third kappa shape index (κ3) is 7.23. The highest BCUT2D eigenvalue weighted by atomic mass is 16.7. The molecule has 0 N–H and O–H groups in total. The molecular weight excluding hydrogens is 452 g/mol. The first kappa shape index (κ1) is 26.0. The second kappa shape index (κ2) is 13.9. The third-order valence-electron chi connectivity index (χ3n) is 6.06. The monoisotopic (exact) mass is 486 g/mol. The summed E-state index contributed by atoms with van der Waals surface area (Å²) in [5, 5.41) is 0. The summed E-state index contributed by atoms with van der Waals surface area (Å²) in [4.78, 5) is 0. The molecule has 0 spiro atoms. The summed E-state index contributed by atoms with van der Waals surface area (Å²) in [5.41, 5.74) is 3.20. The summed E-state index contributed by atoms with van der Waals surface area (Å²) in [6.07, 6.45) is 3.08. The molecule has 3 aromatic rings. The van der Waals surface area contributed by atoms with Crippen LogP contribution in [0.15, 0.2) is 116 Å². The summed E-state index contributed by atoms with van der Waals surface area (Å²) in [5.74, 6) is 0. The SMILES string of the molecule is C=C/C=C/[C@H]1O[C@H](OC)[C@H](OCc2ccccc2)[C@@H](OCc2ccccc2)[C@@H]1OCc1ccccc1. The molecule has 5 heteroatoms. The number of rotatable bonds is 12. The molecule has 0 amide bonds. The van der Waals surface area contributed by atoms with Crippen molar-refractivity contribution in [3.05, 3.63) is 132 Å². The maximum Gasteiger partial charge on any atom is 0.186 e. The van der Waals surface area contributed by atoms with E-state index in [2.05, 4.69) is 6.58 Å².